The monoisotopic (exact) mass is 347 g/mol. The molecule has 0 radical (unpaired) electrons. The van der Waals surface area contributed by atoms with Crippen molar-refractivity contribution in [2.45, 2.75) is 24.4 Å². The van der Waals surface area contributed by atoms with Gasteiger partial charge in [-0.15, -0.1) is 0 Å². The third-order valence-electron chi connectivity index (χ3n) is 3.12. The quantitative estimate of drug-likeness (QED) is 0.825. The maximum absolute atomic E-state index is 13.4. The van der Waals surface area contributed by atoms with Crippen molar-refractivity contribution >= 4 is 17.3 Å². The van der Waals surface area contributed by atoms with E-state index in [1.807, 2.05) is 0 Å². The van der Waals surface area contributed by atoms with E-state index in [2.05, 4.69) is 9.99 Å². The van der Waals surface area contributed by atoms with E-state index in [-0.39, 0.29) is 5.71 Å². The van der Waals surface area contributed by atoms with Crippen LogP contribution in [0.15, 0.2) is 23.4 Å². The minimum atomic E-state index is -5.05. The van der Waals surface area contributed by atoms with Gasteiger partial charge in [-0.2, -0.15) is 26.3 Å². The van der Waals surface area contributed by atoms with Crippen molar-refractivity contribution < 1.29 is 36.3 Å². The summed E-state index contributed by atoms with van der Waals surface area (Å²) in [6.07, 6.45) is -10.8. The first-order valence-corrected chi connectivity index (χ1v) is 6.17. The molecule has 3 nitrogen and oxygen atoms in total. The van der Waals surface area contributed by atoms with Gasteiger partial charge in [-0.05, 0) is 18.2 Å². The topological polar surface area (TPSA) is 41.8 Å². The second kappa shape index (κ2) is 5.31. The molecule has 2 rings (SSSR count). The molecule has 0 aromatic heterocycles. The minimum absolute atomic E-state index is 0.315. The van der Waals surface area contributed by atoms with Crippen LogP contribution in [0.4, 0.5) is 26.3 Å². The van der Waals surface area contributed by atoms with Crippen LogP contribution in [-0.4, -0.2) is 23.6 Å². The normalized spacial score (nSPS) is 22.5. The molecule has 1 aliphatic heterocycles. The number of hydrogen-bond donors (Lipinski definition) is 1. The number of alkyl halides is 6. The van der Waals surface area contributed by atoms with E-state index in [1.165, 1.54) is 0 Å². The molecule has 0 aliphatic carbocycles. The number of nitrogens with zero attached hydrogens (tertiary/aromatic N) is 1. The third-order valence-corrected chi connectivity index (χ3v) is 3.33. The first kappa shape index (κ1) is 16.9. The predicted molar refractivity (Wildman–Crippen MR) is 64.4 cm³/mol. The molecule has 10 heteroatoms. The van der Waals surface area contributed by atoms with Crippen LogP contribution in [0.25, 0.3) is 0 Å². The highest BCUT2D eigenvalue weighted by Gasteiger charge is 2.62. The van der Waals surface area contributed by atoms with E-state index in [1.54, 1.807) is 0 Å². The lowest BCUT2D eigenvalue weighted by molar-refractivity contribution is -0.276. The SMILES string of the molecule is OCC1=NOC(c2cc(Cl)cc(C(F)(F)F)c2)(C(F)(F)F)C1. The van der Waals surface area contributed by atoms with Crippen molar-refractivity contribution in [2.75, 3.05) is 6.61 Å². The number of aliphatic hydroxyl groups is 1. The van der Waals surface area contributed by atoms with Gasteiger partial charge in [-0.25, -0.2) is 0 Å². The lowest BCUT2D eigenvalue weighted by Crippen LogP contribution is -2.43. The van der Waals surface area contributed by atoms with Gasteiger partial charge in [0.1, 0.15) is 0 Å². The fraction of sp³-hybridized carbons (Fsp3) is 0.417. The van der Waals surface area contributed by atoms with Gasteiger partial charge in [0.15, 0.2) is 0 Å². The minimum Gasteiger partial charge on any atom is -0.390 e. The summed E-state index contributed by atoms with van der Waals surface area (Å²) < 4.78 is 78.3. The largest absolute Gasteiger partial charge is 0.435 e. The Bertz CT molecular complexity index is 613. The Kier molecular flexibility index (Phi) is 4.07. The standard InChI is InChI=1S/C12H8ClF6NO2/c13-8-2-6(1-7(3-8)11(14,15)16)10(12(17,18)19)4-9(5-21)20-22-10/h1-3,21H,4-5H2. The summed E-state index contributed by atoms with van der Waals surface area (Å²) in [7, 11) is 0. The van der Waals surface area contributed by atoms with Gasteiger partial charge in [0.25, 0.3) is 5.60 Å². The lowest BCUT2D eigenvalue weighted by Gasteiger charge is -2.30. The molecule has 0 bridgehead atoms. The van der Waals surface area contributed by atoms with Crippen molar-refractivity contribution in [1.82, 2.24) is 0 Å². The fourth-order valence-electron chi connectivity index (χ4n) is 2.04. The Labute approximate surface area is 125 Å². The predicted octanol–water partition coefficient (Wildman–Crippen LogP) is 3.89. The van der Waals surface area contributed by atoms with Crippen molar-refractivity contribution in [3.8, 4) is 0 Å². The summed E-state index contributed by atoms with van der Waals surface area (Å²) in [4.78, 5) is 4.39. The summed E-state index contributed by atoms with van der Waals surface area (Å²) in [5, 5.41) is 11.4. The molecule has 1 aliphatic rings. The average molecular weight is 348 g/mol. The summed E-state index contributed by atoms with van der Waals surface area (Å²) in [6.45, 7) is -0.801. The third kappa shape index (κ3) is 2.87. The molecule has 0 saturated carbocycles. The second-order valence-electron chi connectivity index (χ2n) is 4.63. The van der Waals surface area contributed by atoms with Gasteiger partial charge < -0.3 is 9.94 Å². The van der Waals surface area contributed by atoms with E-state index in [0.717, 1.165) is 6.07 Å². The number of halogens is 7. The van der Waals surface area contributed by atoms with E-state index in [4.69, 9.17) is 16.7 Å². The van der Waals surface area contributed by atoms with Crippen LogP contribution in [0.2, 0.25) is 5.02 Å². The summed E-state index contributed by atoms with van der Waals surface area (Å²) in [6, 6.07) is 1.56. The molecule has 1 heterocycles. The maximum atomic E-state index is 13.4. The summed E-state index contributed by atoms with van der Waals surface area (Å²) >= 11 is 5.51. The molecule has 0 saturated heterocycles. The first-order chi connectivity index (χ1) is 9.99. The maximum Gasteiger partial charge on any atom is 0.435 e. The van der Waals surface area contributed by atoms with Crippen LogP contribution in [0.1, 0.15) is 17.5 Å². The van der Waals surface area contributed by atoms with Gasteiger partial charge in [-0.1, -0.05) is 16.8 Å². The smallest absolute Gasteiger partial charge is 0.390 e. The average Bonchev–Trinajstić information content (AvgIpc) is 2.82. The van der Waals surface area contributed by atoms with Gasteiger partial charge in [0, 0.05) is 17.0 Å². The van der Waals surface area contributed by atoms with Crippen LogP contribution in [-0.2, 0) is 16.6 Å². The van der Waals surface area contributed by atoms with Gasteiger partial charge >= 0.3 is 12.4 Å². The zero-order chi connectivity index (χ0) is 16.8. The molecule has 1 atom stereocenters. The molecule has 0 fully saturated rings. The van der Waals surface area contributed by atoms with Crippen LogP contribution >= 0.6 is 11.6 Å². The summed E-state index contributed by atoms with van der Waals surface area (Å²) in [5.74, 6) is 0. The highest BCUT2D eigenvalue weighted by molar-refractivity contribution is 6.30. The van der Waals surface area contributed by atoms with Crippen LogP contribution in [0.5, 0.6) is 0 Å². The molecule has 0 amide bonds. The Morgan fingerprint density at radius 2 is 1.82 bits per heavy atom. The van der Waals surface area contributed by atoms with E-state index < -0.39 is 47.1 Å². The number of rotatable bonds is 2. The zero-order valence-electron chi connectivity index (χ0n) is 10.6. The fourth-order valence-corrected chi connectivity index (χ4v) is 2.27. The highest BCUT2D eigenvalue weighted by atomic mass is 35.5. The molecular formula is C12H8ClF6NO2. The molecule has 1 N–H and O–H groups in total. The highest BCUT2D eigenvalue weighted by Crippen LogP contribution is 2.49. The second-order valence-corrected chi connectivity index (χ2v) is 5.07. The number of benzene rings is 1. The Morgan fingerprint density at radius 3 is 2.27 bits per heavy atom. The van der Waals surface area contributed by atoms with Crippen LogP contribution < -0.4 is 0 Å². The molecule has 1 unspecified atom stereocenters. The van der Waals surface area contributed by atoms with Crippen molar-refractivity contribution in [2.24, 2.45) is 5.16 Å². The van der Waals surface area contributed by atoms with Gasteiger partial charge in [0.05, 0.1) is 17.9 Å². The number of aliphatic hydroxyl groups excluding tert-OH is 1. The molecule has 1 aromatic rings. The summed E-state index contributed by atoms with van der Waals surface area (Å²) in [5.41, 5.74) is -5.59. The number of hydrogen-bond acceptors (Lipinski definition) is 3. The Balaban J connectivity index is 2.58. The van der Waals surface area contributed by atoms with E-state index in [0.29, 0.717) is 12.1 Å². The van der Waals surface area contributed by atoms with Gasteiger partial charge in [0.2, 0.25) is 0 Å². The van der Waals surface area contributed by atoms with Gasteiger partial charge in [-0.3, -0.25) is 0 Å². The zero-order valence-corrected chi connectivity index (χ0v) is 11.4. The Morgan fingerprint density at radius 1 is 1.18 bits per heavy atom. The van der Waals surface area contributed by atoms with Crippen LogP contribution in [0.3, 0.4) is 0 Å². The molecule has 22 heavy (non-hydrogen) atoms. The first-order valence-electron chi connectivity index (χ1n) is 5.79. The number of oxime groups is 1. The lowest BCUT2D eigenvalue weighted by atomic mass is 9.87. The van der Waals surface area contributed by atoms with E-state index >= 15 is 0 Å². The molecule has 122 valence electrons. The molecule has 1 aromatic carbocycles. The van der Waals surface area contributed by atoms with E-state index in [9.17, 15) is 26.3 Å². The molecular weight excluding hydrogens is 340 g/mol. The van der Waals surface area contributed by atoms with Crippen molar-refractivity contribution in [3.63, 3.8) is 0 Å². The Hall–Kier alpha value is -1.48. The van der Waals surface area contributed by atoms with Crippen molar-refractivity contribution in [3.05, 3.63) is 34.3 Å². The molecule has 0 spiro atoms. The van der Waals surface area contributed by atoms with Crippen molar-refractivity contribution in [1.29, 1.82) is 0 Å². The van der Waals surface area contributed by atoms with Crippen LogP contribution in [0, 0.1) is 0 Å².